The lowest BCUT2D eigenvalue weighted by Gasteiger charge is -2.27. The summed E-state index contributed by atoms with van der Waals surface area (Å²) in [6, 6.07) is 15.1. The number of carbonyl (C=O) groups excluding carboxylic acids is 1. The molecule has 4 aromatic rings. The molecule has 0 bridgehead atoms. The summed E-state index contributed by atoms with van der Waals surface area (Å²) < 4.78 is 9.91. The van der Waals surface area contributed by atoms with E-state index in [1.54, 1.807) is 11.7 Å². The molecule has 0 fully saturated rings. The summed E-state index contributed by atoms with van der Waals surface area (Å²) in [6.45, 7) is 3.36. The first-order chi connectivity index (χ1) is 15.9. The molecule has 0 N–H and O–H groups in total. The van der Waals surface area contributed by atoms with Gasteiger partial charge in [0.15, 0.2) is 10.6 Å². The lowest BCUT2D eigenvalue weighted by atomic mass is 9.89. The van der Waals surface area contributed by atoms with E-state index in [4.69, 9.17) is 4.74 Å². The number of hydrogen-bond donors (Lipinski definition) is 0. The molecule has 1 aliphatic rings. The maximum absolute atomic E-state index is 13.7. The van der Waals surface area contributed by atoms with Crippen molar-refractivity contribution in [3.05, 3.63) is 96.9 Å². The molecule has 33 heavy (non-hydrogen) atoms. The van der Waals surface area contributed by atoms with Gasteiger partial charge in [0, 0.05) is 35.8 Å². The van der Waals surface area contributed by atoms with E-state index >= 15 is 0 Å². The number of carbonyl (C=O) groups is 1. The van der Waals surface area contributed by atoms with Gasteiger partial charge in [0.25, 0.3) is 5.56 Å². The van der Waals surface area contributed by atoms with Crippen LogP contribution in [0.15, 0.2) is 75.8 Å². The van der Waals surface area contributed by atoms with Crippen LogP contribution in [0.5, 0.6) is 5.75 Å². The molecule has 2 aromatic heterocycles. The molecule has 0 aliphatic carbocycles. The van der Waals surface area contributed by atoms with E-state index in [9.17, 15) is 9.59 Å². The monoisotopic (exact) mass is 457 g/mol. The number of hydrogen-bond acceptors (Lipinski definition) is 5. The molecule has 0 spiro atoms. The Balaban J connectivity index is 1.89. The third-order valence-corrected chi connectivity index (χ3v) is 7.07. The second-order valence-corrected chi connectivity index (χ2v) is 9.09. The maximum Gasteiger partial charge on any atom is 0.271 e. The van der Waals surface area contributed by atoms with Gasteiger partial charge in [-0.3, -0.25) is 14.2 Å². The summed E-state index contributed by atoms with van der Waals surface area (Å²) in [4.78, 5) is 31.9. The van der Waals surface area contributed by atoms with E-state index in [1.165, 1.54) is 18.3 Å². The normalized spacial score (nSPS) is 16.1. The molecule has 1 aliphatic heterocycles. The Labute approximate surface area is 194 Å². The number of aromatic nitrogens is 2. The van der Waals surface area contributed by atoms with Gasteiger partial charge in [0.2, 0.25) is 0 Å². The van der Waals surface area contributed by atoms with E-state index in [0.717, 1.165) is 22.0 Å². The fourth-order valence-corrected chi connectivity index (χ4v) is 5.57. The Morgan fingerprint density at radius 1 is 1.15 bits per heavy atom. The molecule has 3 heterocycles. The van der Waals surface area contributed by atoms with Crippen LogP contribution < -0.4 is 19.6 Å². The molecular weight excluding hydrogens is 434 g/mol. The number of methoxy groups -OCH3 is 1. The molecule has 6 nitrogen and oxygen atoms in total. The predicted molar refractivity (Wildman–Crippen MR) is 130 cm³/mol. The summed E-state index contributed by atoms with van der Waals surface area (Å²) in [6.07, 6.45) is 3.80. The first-order valence-electron chi connectivity index (χ1n) is 10.6. The number of fused-ring (bicyclic) bond motifs is 2. The van der Waals surface area contributed by atoms with Crippen LogP contribution in [0.25, 0.3) is 16.8 Å². The Kier molecular flexibility index (Phi) is 5.13. The fraction of sp³-hybridized carbons (Fsp3) is 0.192. The summed E-state index contributed by atoms with van der Waals surface area (Å²) in [5, 5.41) is 1.95. The zero-order valence-corrected chi connectivity index (χ0v) is 19.6. The Morgan fingerprint density at radius 2 is 1.94 bits per heavy atom. The molecule has 1 unspecified atom stereocenters. The number of aryl methyl sites for hydroxylation is 1. The topological polar surface area (TPSA) is 65.6 Å². The van der Waals surface area contributed by atoms with Gasteiger partial charge in [-0.15, -0.1) is 0 Å². The number of nitrogens with zero attached hydrogens (tertiary/aromatic N) is 3. The first kappa shape index (κ1) is 21.2. The van der Waals surface area contributed by atoms with Crippen LogP contribution in [0.1, 0.15) is 31.1 Å². The maximum atomic E-state index is 13.7. The minimum absolute atomic E-state index is 0.118. The lowest BCUT2D eigenvalue weighted by Crippen LogP contribution is -2.39. The smallest absolute Gasteiger partial charge is 0.271 e. The van der Waals surface area contributed by atoms with Crippen molar-refractivity contribution in [3.63, 3.8) is 0 Å². The van der Waals surface area contributed by atoms with Crippen molar-refractivity contribution in [1.29, 1.82) is 0 Å². The third-order valence-electron chi connectivity index (χ3n) is 6.09. The summed E-state index contributed by atoms with van der Waals surface area (Å²) >= 11 is 1.33. The van der Waals surface area contributed by atoms with Crippen LogP contribution in [0.4, 0.5) is 0 Å². The highest BCUT2D eigenvalue weighted by molar-refractivity contribution is 7.07. The fourth-order valence-electron chi connectivity index (χ4n) is 4.54. The average Bonchev–Trinajstić information content (AvgIpc) is 3.34. The Morgan fingerprint density at radius 3 is 2.64 bits per heavy atom. The highest BCUT2D eigenvalue weighted by atomic mass is 32.1. The zero-order valence-electron chi connectivity index (χ0n) is 18.8. The molecule has 1 atom stereocenters. The van der Waals surface area contributed by atoms with Crippen molar-refractivity contribution in [2.24, 2.45) is 12.0 Å². The lowest BCUT2D eigenvalue weighted by molar-refractivity contribution is -0.114. The SMILES string of the molecule is COc1ccc2ccccc2c1C1C(C(C)=O)=C(C)N=c2s/c(=C\c3cccn3C)c(=O)n21. The van der Waals surface area contributed by atoms with Crippen LogP contribution in [-0.4, -0.2) is 22.0 Å². The number of benzene rings is 2. The number of ether oxygens (including phenoxy) is 1. The van der Waals surface area contributed by atoms with Gasteiger partial charge in [-0.2, -0.15) is 0 Å². The van der Waals surface area contributed by atoms with Gasteiger partial charge in [-0.25, -0.2) is 4.99 Å². The van der Waals surface area contributed by atoms with Crippen molar-refractivity contribution < 1.29 is 9.53 Å². The van der Waals surface area contributed by atoms with Gasteiger partial charge < -0.3 is 9.30 Å². The number of Topliss-reactive ketones (excluding diaryl/α,β-unsaturated/α-hetero) is 1. The second-order valence-electron chi connectivity index (χ2n) is 8.08. The third kappa shape index (κ3) is 3.36. The van der Waals surface area contributed by atoms with Crippen molar-refractivity contribution >= 4 is 34.0 Å². The number of allylic oxidation sites excluding steroid dienone is 2. The highest BCUT2D eigenvalue weighted by Gasteiger charge is 2.33. The van der Waals surface area contributed by atoms with Gasteiger partial charge in [0.1, 0.15) is 5.75 Å². The molecule has 0 saturated carbocycles. The van der Waals surface area contributed by atoms with Gasteiger partial charge in [0.05, 0.1) is 17.7 Å². The summed E-state index contributed by atoms with van der Waals surface area (Å²) in [5.74, 6) is 0.511. The van der Waals surface area contributed by atoms with Crippen LogP contribution in [0.3, 0.4) is 0 Å². The molecule has 7 heteroatoms. The molecule has 5 rings (SSSR count). The predicted octanol–water partition coefficient (Wildman–Crippen LogP) is 3.32. The van der Waals surface area contributed by atoms with Crippen molar-refractivity contribution in [1.82, 2.24) is 9.13 Å². The molecular formula is C26H23N3O3S. The van der Waals surface area contributed by atoms with E-state index < -0.39 is 6.04 Å². The first-order valence-corrected chi connectivity index (χ1v) is 11.4. The summed E-state index contributed by atoms with van der Waals surface area (Å²) in [7, 11) is 3.54. The molecule has 166 valence electrons. The molecule has 0 amide bonds. The van der Waals surface area contributed by atoms with Crippen LogP contribution in [0.2, 0.25) is 0 Å². The summed E-state index contributed by atoms with van der Waals surface area (Å²) in [5.41, 5.74) is 2.66. The minimum Gasteiger partial charge on any atom is -0.496 e. The molecule has 0 saturated heterocycles. The van der Waals surface area contributed by atoms with Gasteiger partial charge >= 0.3 is 0 Å². The van der Waals surface area contributed by atoms with E-state index in [2.05, 4.69) is 4.99 Å². The van der Waals surface area contributed by atoms with Crippen LogP contribution >= 0.6 is 11.3 Å². The van der Waals surface area contributed by atoms with Gasteiger partial charge in [-0.05, 0) is 48.9 Å². The van der Waals surface area contributed by atoms with Crippen molar-refractivity contribution in [2.75, 3.05) is 7.11 Å². The van der Waals surface area contributed by atoms with E-state index in [1.807, 2.05) is 79.3 Å². The van der Waals surface area contributed by atoms with Crippen LogP contribution in [-0.2, 0) is 11.8 Å². The minimum atomic E-state index is -0.629. The van der Waals surface area contributed by atoms with Crippen molar-refractivity contribution in [2.45, 2.75) is 19.9 Å². The number of thiazole rings is 1. The Bertz CT molecular complexity index is 1640. The van der Waals surface area contributed by atoms with Gasteiger partial charge in [-0.1, -0.05) is 41.7 Å². The van der Waals surface area contributed by atoms with Crippen molar-refractivity contribution in [3.8, 4) is 5.75 Å². The highest BCUT2D eigenvalue weighted by Crippen LogP contribution is 2.40. The molecule has 0 radical (unpaired) electrons. The second kappa shape index (κ2) is 8.01. The quantitative estimate of drug-likeness (QED) is 0.472. The largest absolute Gasteiger partial charge is 0.496 e. The van der Waals surface area contributed by atoms with Crippen LogP contribution in [0, 0.1) is 0 Å². The van der Waals surface area contributed by atoms with E-state index in [-0.39, 0.29) is 11.3 Å². The van der Waals surface area contributed by atoms with E-state index in [0.29, 0.717) is 26.4 Å². The zero-order chi connectivity index (χ0) is 23.3. The average molecular weight is 458 g/mol. The number of ketones is 1. The Hall–Kier alpha value is -3.71. The molecule has 2 aromatic carbocycles. The number of rotatable bonds is 4. The standard InChI is InChI=1S/C26H23N3O3S/c1-15-22(16(2)30)24(23-19-10-6-5-8-17(19)11-12-20(23)32-4)29-25(31)21(33-26(29)27-15)14-18-9-7-13-28(18)3/h5-14,24H,1-4H3/b21-14-.